The molecule has 0 radical (unpaired) electrons. The van der Waals surface area contributed by atoms with Crippen LogP contribution < -0.4 is 5.32 Å². The molecule has 0 fully saturated rings. The van der Waals surface area contributed by atoms with Crippen molar-refractivity contribution < 1.29 is 24.5 Å². The lowest BCUT2D eigenvalue weighted by molar-refractivity contribution is -0.143. The van der Waals surface area contributed by atoms with Gasteiger partial charge in [0.05, 0.1) is 25.4 Å². The fourth-order valence-electron chi connectivity index (χ4n) is 6.64. The third kappa shape index (κ3) is 41.3. The summed E-state index contributed by atoms with van der Waals surface area (Å²) in [6, 6.07) is -0.654. The van der Waals surface area contributed by atoms with Gasteiger partial charge in [0.15, 0.2) is 0 Å². The second kappa shape index (κ2) is 44.5. The zero-order valence-electron chi connectivity index (χ0n) is 36.1. The Morgan fingerprint density at radius 1 is 0.509 bits per heavy atom. The molecule has 0 aliphatic rings. The van der Waals surface area contributed by atoms with Crippen LogP contribution >= 0.6 is 0 Å². The highest BCUT2D eigenvalue weighted by atomic mass is 16.5. The highest BCUT2D eigenvalue weighted by molar-refractivity contribution is 5.76. The second-order valence-electron chi connectivity index (χ2n) is 15.7. The first-order valence-electron chi connectivity index (χ1n) is 23.4. The maximum Gasteiger partial charge on any atom is 0.305 e. The molecule has 0 aliphatic carbocycles. The van der Waals surface area contributed by atoms with Gasteiger partial charge in [-0.15, -0.1) is 0 Å². The number of rotatable bonds is 42. The van der Waals surface area contributed by atoms with Gasteiger partial charge >= 0.3 is 5.97 Å². The predicted molar refractivity (Wildman–Crippen MR) is 236 cm³/mol. The van der Waals surface area contributed by atoms with E-state index in [0.29, 0.717) is 19.4 Å². The number of amides is 1. The summed E-state index contributed by atoms with van der Waals surface area (Å²) in [5, 5.41) is 23.0. The molecule has 0 rings (SSSR count). The smallest absolute Gasteiger partial charge is 0.305 e. The summed E-state index contributed by atoms with van der Waals surface area (Å²) < 4.78 is 5.41. The Bertz CT molecular complexity index is 942. The van der Waals surface area contributed by atoms with Gasteiger partial charge in [-0.05, 0) is 83.5 Å². The number of carbonyl (C=O) groups excluding carboxylic acids is 2. The summed E-state index contributed by atoms with van der Waals surface area (Å²) in [4.78, 5) is 24.4. The van der Waals surface area contributed by atoms with E-state index >= 15 is 0 Å². The van der Waals surface area contributed by atoms with E-state index in [9.17, 15) is 19.8 Å². The topological polar surface area (TPSA) is 95.9 Å². The Morgan fingerprint density at radius 2 is 0.927 bits per heavy atom. The van der Waals surface area contributed by atoms with E-state index < -0.39 is 12.1 Å². The molecule has 0 spiro atoms. The Hall–Kier alpha value is -2.18. The van der Waals surface area contributed by atoms with E-state index in [2.05, 4.69) is 55.6 Å². The van der Waals surface area contributed by atoms with Gasteiger partial charge < -0.3 is 20.3 Å². The van der Waals surface area contributed by atoms with Crippen LogP contribution in [0.4, 0.5) is 0 Å². The molecular weight excluding hydrogens is 683 g/mol. The number of ether oxygens (including phenoxy) is 1. The van der Waals surface area contributed by atoms with Crippen molar-refractivity contribution in [3.8, 4) is 0 Å². The van der Waals surface area contributed by atoms with Gasteiger partial charge in [0.1, 0.15) is 0 Å². The highest BCUT2D eigenvalue weighted by Gasteiger charge is 2.18. The molecule has 2 atom stereocenters. The molecule has 0 heterocycles. The van der Waals surface area contributed by atoms with E-state index in [-0.39, 0.29) is 18.5 Å². The molecule has 0 aromatic rings. The minimum Gasteiger partial charge on any atom is -0.466 e. The van der Waals surface area contributed by atoms with E-state index in [1.165, 1.54) is 109 Å². The van der Waals surface area contributed by atoms with Crippen LogP contribution in [0.25, 0.3) is 0 Å². The summed E-state index contributed by atoms with van der Waals surface area (Å²) in [6.07, 6.45) is 53.8. The maximum atomic E-state index is 12.4. The van der Waals surface area contributed by atoms with Crippen LogP contribution in [-0.2, 0) is 14.3 Å². The van der Waals surface area contributed by atoms with E-state index in [1.807, 2.05) is 6.08 Å². The lowest BCUT2D eigenvalue weighted by Crippen LogP contribution is -2.45. The van der Waals surface area contributed by atoms with Crippen molar-refractivity contribution in [2.24, 2.45) is 0 Å². The lowest BCUT2D eigenvalue weighted by atomic mass is 10.0. The van der Waals surface area contributed by atoms with Gasteiger partial charge in [-0.1, -0.05) is 178 Å². The summed E-state index contributed by atoms with van der Waals surface area (Å²) in [5.74, 6) is -0.161. The van der Waals surface area contributed by atoms with Crippen LogP contribution in [0.5, 0.6) is 0 Å². The van der Waals surface area contributed by atoms with Crippen molar-refractivity contribution in [3.05, 3.63) is 48.6 Å². The van der Waals surface area contributed by atoms with Gasteiger partial charge in [-0.3, -0.25) is 9.59 Å². The first-order chi connectivity index (χ1) is 27.0. The normalized spacial score (nSPS) is 13.2. The summed E-state index contributed by atoms with van der Waals surface area (Å²) in [7, 11) is 0. The minimum atomic E-state index is -0.867. The van der Waals surface area contributed by atoms with Gasteiger partial charge in [-0.2, -0.15) is 0 Å². The standard InChI is InChI=1S/C49H89NO5/c1-3-5-7-9-11-13-15-17-19-21-25-29-33-37-41-47(52)46(45-51)50-48(53)42-38-34-30-26-23-24-28-32-36-40-44-55-49(54)43-39-35-31-27-22-20-18-16-14-12-10-8-6-4-2/h10,12,16,18,24,28,37,41,46-47,51-52H,3-9,11,13-15,17,19-23,25-27,29-36,38-40,42-45H2,1-2H3,(H,50,53)/b12-10-,18-16-,28-24-,41-37+. The fraction of sp³-hybridized carbons (Fsp3) is 0.796. The Labute approximate surface area is 340 Å². The number of hydrogen-bond donors (Lipinski definition) is 3. The van der Waals surface area contributed by atoms with Gasteiger partial charge in [0.25, 0.3) is 0 Å². The Balaban J connectivity index is 3.60. The second-order valence-corrected chi connectivity index (χ2v) is 15.7. The molecule has 6 heteroatoms. The van der Waals surface area contributed by atoms with Crippen molar-refractivity contribution in [3.63, 3.8) is 0 Å². The molecule has 0 saturated carbocycles. The highest BCUT2D eigenvalue weighted by Crippen LogP contribution is 2.14. The number of carbonyl (C=O) groups is 2. The molecule has 6 nitrogen and oxygen atoms in total. The van der Waals surface area contributed by atoms with Crippen LogP contribution in [0.1, 0.15) is 226 Å². The van der Waals surface area contributed by atoms with E-state index in [4.69, 9.17) is 4.74 Å². The van der Waals surface area contributed by atoms with E-state index in [0.717, 1.165) is 89.9 Å². The molecule has 0 aromatic carbocycles. The number of aliphatic hydroxyl groups is 2. The SMILES string of the molecule is CCCC/C=C\C/C=C\CCCCCCCC(=O)OCCCC/C=C\CCCCCCC(=O)NC(CO)C(O)/C=C/CCCCCCCCCCCCCC. The largest absolute Gasteiger partial charge is 0.466 e. The molecular formula is C49H89NO5. The monoisotopic (exact) mass is 772 g/mol. The number of allylic oxidation sites excluding steroid dienone is 7. The zero-order chi connectivity index (χ0) is 40.1. The lowest BCUT2D eigenvalue weighted by Gasteiger charge is -2.20. The average molecular weight is 772 g/mol. The number of unbranched alkanes of at least 4 members (excludes halogenated alkanes) is 25. The predicted octanol–water partition coefficient (Wildman–Crippen LogP) is 13.5. The first kappa shape index (κ1) is 52.8. The molecule has 0 bridgehead atoms. The minimum absolute atomic E-state index is 0.0543. The van der Waals surface area contributed by atoms with Gasteiger partial charge in [0.2, 0.25) is 5.91 Å². The van der Waals surface area contributed by atoms with Crippen molar-refractivity contribution in [2.45, 2.75) is 238 Å². The number of nitrogens with one attached hydrogen (secondary N) is 1. The number of esters is 1. The third-order valence-electron chi connectivity index (χ3n) is 10.3. The molecule has 1 amide bonds. The van der Waals surface area contributed by atoms with Crippen LogP contribution in [0.2, 0.25) is 0 Å². The molecule has 0 aliphatic heterocycles. The first-order valence-corrected chi connectivity index (χ1v) is 23.4. The third-order valence-corrected chi connectivity index (χ3v) is 10.3. The zero-order valence-corrected chi connectivity index (χ0v) is 36.1. The van der Waals surface area contributed by atoms with Crippen molar-refractivity contribution in [2.75, 3.05) is 13.2 Å². The van der Waals surface area contributed by atoms with Crippen molar-refractivity contribution in [1.82, 2.24) is 5.32 Å². The quantitative estimate of drug-likeness (QED) is 0.0326. The Kier molecular flexibility index (Phi) is 42.8. The molecule has 2 unspecified atom stereocenters. The number of hydrogen-bond acceptors (Lipinski definition) is 5. The molecule has 55 heavy (non-hydrogen) atoms. The van der Waals surface area contributed by atoms with Crippen LogP contribution in [0.15, 0.2) is 48.6 Å². The summed E-state index contributed by atoms with van der Waals surface area (Å²) in [5.41, 5.74) is 0. The van der Waals surface area contributed by atoms with Crippen molar-refractivity contribution >= 4 is 11.9 Å². The van der Waals surface area contributed by atoms with Crippen LogP contribution in [0, 0.1) is 0 Å². The molecule has 0 saturated heterocycles. The van der Waals surface area contributed by atoms with Crippen LogP contribution in [-0.4, -0.2) is 47.4 Å². The summed E-state index contributed by atoms with van der Waals surface area (Å²) >= 11 is 0. The average Bonchev–Trinajstić information content (AvgIpc) is 3.18. The number of aliphatic hydroxyl groups excluding tert-OH is 2. The molecule has 3 N–H and O–H groups in total. The Morgan fingerprint density at radius 3 is 1.45 bits per heavy atom. The van der Waals surface area contributed by atoms with Gasteiger partial charge in [-0.25, -0.2) is 0 Å². The maximum absolute atomic E-state index is 12.4. The summed E-state index contributed by atoms with van der Waals surface area (Å²) in [6.45, 7) is 4.74. The molecule has 0 aromatic heterocycles. The van der Waals surface area contributed by atoms with E-state index in [1.54, 1.807) is 6.08 Å². The van der Waals surface area contributed by atoms with Crippen LogP contribution in [0.3, 0.4) is 0 Å². The van der Waals surface area contributed by atoms with Gasteiger partial charge in [0, 0.05) is 12.8 Å². The van der Waals surface area contributed by atoms with Crippen molar-refractivity contribution in [1.29, 1.82) is 0 Å². The fourth-order valence-corrected chi connectivity index (χ4v) is 6.64. The molecule has 320 valence electrons.